The van der Waals surface area contributed by atoms with E-state index in [0.717, 1.165) is 10.0 Å². The summed E-state index contributed by atoms with van der Waals surface area (Å²) in [5, 5.41) is 3.11. The van der Waals surface area contributed by atoms with Crippen LogP contribution in [0.4, 0.5) is 0 Å². The minimum atomic E-state index is -3.60. The molecule has 8 heteroatoms. The maximum absolute atomic E-state index is 12.5. The van der Waals surface area contributed by atoms with Gasteiger partial charge in [0.2, 0.25) is 10.0 Å². The van der Waals surface area contributed by atoms with E-state index in [1.54, 1.807) is 19.2 Å². The number of hydrogen-bond donors (Lipinski definition) is 2. The van der Waals surface area contributed by atoms with Gasteiger partial charge in [-0.3, -0.25) is 0 Å². The summed E-state index contributed by atoms with van der Waals surface area (Å²) >= 11 is 6.67. The number of rotatable bonds is 4. The van der Waals surface area contributed by atoms with E-state index in [1.807, 2.05) is 6.92 Å². The quantitative estimate of drug-likeness (QED) is 0.768. The summed E-state index contributed by atoms with van der Waals surface area (Å²) in [5.74, 6) is 0. The number of benzene rings is 1. The van der Waals surface area contributed by atoms with Crippen LogP contribution in [0.3, 0.4) is 0 Å². The molecule has 0 radical (unpaired) electrons. The van der Waals surface area contributed by atoms with E-state index >= 15 is 0 Å². The first kappa shape index (κ1) is 16.4. The predicted molar refractivity (Wildman–Crippen MR) is 84.4 cm³/mol. The van der Waals surface area contributed by atoms with Gasteiger partial charge in [-0.15, -0.1) is 0 Å². The third kappa shape index (κ3) is 3.42. The zero-order chi connectivity index (χ0) is 14.9. The van der Waals surface area contributed by atoms with Crippen LogP contribution in [0, 0.1) is 6.92 Å². The lowest BCUT2D eigenvalue weighted by Crippen LogP contribution is -2.43. The lowest BCUT2D eigenvalue weighted by molar-refractivity contribution is 0.103. The third-order valence-electron chi connectivity index (χ3n) is 3.27. The van der Waals surface area contributed by atoms with Gasteiger partial charge in [0.1, 0.15) is 0 Å². The number of nitrogens with one attached hydrogen (secondary N) is 2. The molecule has 2 atom stereocenters. The van der Waals surface area contributed by atoms with Crippen LogP contribution in [0.1, 0.15) is 5.56 Å². The molecule has 2 rings (SSSR count). The Balaban J connectivity index is 2.29. The van der Waals surface area contributed by atoms with Crippen molar-refractivity contribution in [3.63, 3.8) is 0 Å². The van der Waals surface area contributed by atoms with Crippen LogP contribution in [0.2, 0.25) is 0 Å². The highest BCUT2D eigenvalue weighted by molar-refractivity contribution is 9.11. The lowest BCUT2D eigenvalue weighted by Gasteiger charge is -2.19. The van der Waals surface area contributed by atoms with Gasteiger partial charge in [0.25, 0.3) is 0 Å². The Morgan fingerprint density at radius 2 is 2.00 bits per heavy atom. The summed E-state index contributed by atoms with van der Waals surface area (Å²) in [6.07, 6.45) is -0.155. The average Bonchev–Trinajstić information content (AvgIpc) is 2.80. The molecular weight excluding hydrogens is 412 g/mol. The molecule has 0 aliphatic carbocycles. The molecule has 0 saturated carbocycles. The Bertz CT molecular complexity index is 607. The van der Waals surface area contributed by atoms with E-state index in [2.05, 4.69) is 41.9 Å². The highest BCUT2D eigenvalue weighted by atomic mass is 79.9. The van der Waals surface area contributed by atoms with E-state index in [-0.39, 0.29) is 17.0 Å². The van der Waals surface area contributed by atoms with Gasteiger partial charge >= 0.3 is 0 Å². The second-order valence-electron chi connectivity index (χ2n) is 4.69. The van der Waals surface area contributed by atoms with Crippen molar-refractivity contribution in [3.8, 4) is 0 Å². The number of aryl methyl sites for hydroxylation is 1. The summed E-state index contributed by atoms with van der Waals surface area (Å²) in [4.78, 5) is 0.219. The largest absolute Gasteiger partial charge is 0.378 e. The molecule has 1 saturated heterocycles. The molecule has 1 heterocycles. The number of ether oxygens (including phenoxy) is 1. The summed E-state index contributed by atoms with van der Waals surface area (Å²) in [6, 6.07) is 3.11. The highest BCUT2D eigenvalue weighted by Gasteiger charge is 2.32. The summed E-state index contributed by atoms with van der Waals surface area (Å²) < 4.78 is 34.2. The number of sulfonamides is 1. The van der Waals surface area contributed by atoms with Gasteiger partial charge in [-0.05, 0) is 40.5 Å². The molecule has 0 spiro atoms. The van der Waals surface area contributed by atoms with E-state index in [4.69, 9.17) is 4.74 Å². The number of hydrogen-bond acceptors (Lipinski definition) is 4. The molecule has 1 aliphatic heterocycles. The Hall–Kier alpha value is 0.01000. The Morgan fingerprint density at radius 1 is 1.30 bits per heavy atom. The van der Waals surface area contributed by atoms with Crippen molar-refractivity contribution in [2.75, 3.05) is 20.2 Å². The van der Waals surface area contributed by atoms with E-state index in [1.165, 1.54) is 0 Å². The molecule has 0 amide bonds. The van der Waals surface area contributed by atoms with Crippen molar-refractivity contribution in [2.45, 2.75) is 24.0 Å². The van der Waals surface area contributed by atoms with Crippen molar-refractivity contribution in [2.24, 2.45) is 0 Å². The molecule has 1 fully saturated rings. The molecule has 1 aromatic rings. The van der Waals surface area contributed by atoms with Gasteiger partial charge in [-0.25, -0.2) is 13.1 Å². The Kier molecular flexibility index (Phi) is 5.25. The van der Waals surface area contributed by atoms with Crippen LogP contribution in [-0.2, 0) is 14.8 Å². The van der Waals surface area contributed by atoms with Crippen molar-refractivity contribution in [3.05, 3.63) is 26.6 Å². The summed E-state index contributed by atoms with van der Waals surface area (Å²) in [5.41, 5.74) is 0.966. The fraction of sp³-hybridized carbons (Fsp3) is 0.500. The van der Waals surface area contributed by atoms with Gasteiger partial charge in [0.05, 0.1) is 17.0 Å². The predicted octanol–water partition coefficient (Wildman–Crippen LogP) is 1.79. The normalized spacial score (nSPS) is 23.2. The Morgan fingerprint density at radius 3 is 2.65 bits per heavy atom. The SMILES string of the molecule is CO[C@H]1CNCC1NS(=O)(=O)c1cc(Br)c(C)cc1Br. The monoisotopic (exact) mass is 426 g/mol. The minimum absolute atomic E-state index is 0.155. The van der Waals surface area contributed by atoms with Gasteiger partial charge in [-0.2, -0.15) is 0 Å². The number of halogens is 2. The minimum Gasteiger partial charge on any atom is -0.378 e. The smallest absolute Gasteiger partial charge is 0.242 e. The van der Waals surface area contributed by atoms with Crippen LogP contribution in [0.5, 0.6) is 0 Å². The maximum atomic E-state index is 12.5. The standard InChI is InChI=1S/C12H16Br2N2O3S/c1-7-3-9(14)12(4-8(7)13)20(17,18)16-10-5-15-6-11(10)19-2/h3-4,10-11,15-16H,5-6H2,1-2H3/t10?,11-/m0/s1. The van der Waals surface area contributed by atoms with Crippen molar-refractivity contribution in [1.29, 1.82) is 0 Å². The van der Waals surface area contributed by atoms with Crippen molar-refractivity contribution in [1.82, 2.24) is 10.0 Å². The molecule has 1 unspecified atom stereocenters. The highest BCUT2D eigenvalue weighted by Crippen LogP contribution is 2.29. The first-order chi connectivity index (χ1) is 9.35. The van der Waals surface area contributed by atoms with Gasteiger partial charge in [0, 0.05) is 29.1 Å². The molecule has 0 aromatic heterocycles. The van der Waals surface area contributed by atoms with E-state index < -0.39 is 10.0 Å². The molecule has 20 heavy (non-hydrogen) atoms. The van der Waals surface area contributed by atoms with Crippen LogP contribution in [-0.4, -0.2) is 40.8 Å². The van der Waals surface area contributed by atoms with E-state index in [0.29, 0.717) is 17.6 Å². The van der Waals surface area contributed by atoms with Gasteiger partial charge < -0.3 is 10.1 Å². The summed E-state index contributed by atoms with van der Waals surface area (Å²) in [6.45, 7) is 3.10. The first-order valence-corrected chi connectivity index (χ1v) is 9.13. The Labute approximate surface area is 135 Å². The van der Waals surface area contributed by atoms with Gasteiger partial charge in [-0.1, -0.05) is 15.9 Å². The molecule has 112 valence electrons. The third-order valence-corrected chi connectivity index (χ3v) is 6.57. The molecular formula is C12H16Br2N2O3S. The second kappa shape index (κ2) is 6.41. The zero-order valence-electron chi connectivity index (χ0n) is 11.1. The number of methoxy groups -OCH3 is 1. The van der Waals surface area contributed by atoms with E-state index in [9.17, 15) is 8.42 Å². The van der Waals surface area contributed by atoms with Crippen molar-refractivity contribution < 1.29 is 13.2 Å². The molecule has 2 N–H and O–H groups in total. The van der Waals surface area contributed by atoms with Crippen LogP contribution in [0.25, 0.3) is 0 Å². The fourth-order valence-electron chi connectivity index (χ4n) is 2.12. The average molecular weight is 428 g/mol. The first-order valence-electron chi connectivity index (χ1n) is 6.06. The molecule has 0 bridgehead atoms. The summed E-state index contributed by atoms with van der Waals surface area (Å²) in [7, 11) is -2.02. The topological polar surface area (TPSA) is 67.4 Å². The van der Waals surface area contributed by atoms with Gasteiger partial charge in [0.15, 0.2) is 0 Å². The molecule has 1 aliphatic rings. The lowest BCUT2D eigenvalue weighted by atomic mass is 10.2. The fourth-order valence-corrected chi connectivity index (χ4v) is 5.06. The van der Waals surface area contributed by atoms with Crippen LogP contribution < -0.4 is 10.0 Å². The van der Waals surface area contributed by atoms with Crippen LogP contribution >= 0.6 is 31.9 Å². The maximum Gasteiger partial charge on any atom is 0.242 e. The molecule has 5 nitrogen and oxygen atoms in total. The molecule has 1 aromatic carbocycles. The van der Waals surface area contributed by atoms with Crippen molar-refractivity contribution >= 4 is 41.9 Å². The van der Waals surface area contributed by atoms with Crippen LogP contribution in [0.15, 0.2) is 26.0 Å². The second-order valence-corrected chi connectivity index (χ2v) is 8.08. The zero-order valence-corrected chi connectivity index (χ0v) is 15.1.